The molecule has 0 aromatic heterocycles. The van der Waals surface area contributed by atoms with Gasteiger partial charge in [0.25, 0.3) is 0 Å². The zero-order valence-corrected chi connectivity index (χ0v) is 11.9. The van der Waals surface area contributed by atoms with Gasteiger partial charge >= 0.3 is 0 Å². The second-order valence-corrected chi connectivity index (χ2v) is 6.75. The molecule has 1 aromatic carbocycles. The number of nitrogens with one attached hydrogen (secondary N) is 1. The maximum Gasteiger partial charge on any atom is 0.0240 e. The zero-order valence-electron chi connectivity index (χ0n) is 11.1. The van der Waals surface area contributed by atoms with E-state index in [4.69, 9.17) is 0 Å². The van der Waals surface area contributed by atoms with Crippen molar-refractivity contribution < 1.29 is 0 Å². The van der Waals surface area contributed by atoms with Crippen LogP contribution in [0.5, 0.6) is 0 Å². The van der Waals surface area contributed by atoms with Gasteiger partial charge in [0.15, 0.2) is 0 Å². The van der Waals surface area contributed by atoms with Gasteiger partial charge in [-0.15, -0.1) is 0 Å². The summed E-state index contributed by atoms with van der Waals surface area (Å²) in [6.07, 6.45) is 4.01. The number of rotatable bonds is 4. The Kier molecular flexibility index (Phi) is 4.52. The smallest absolute Gasteiger partial charge is 0.0240 e. The predicted octanol–water partition coefficient (Wildman–Crippen LogP) is 4.28. The highest BCUT2D eigenvalue weighted by Crippen LogP contribution is 2.35. The molecule has 1 aromatic rings. The summed E-state index contributed by atoms with van der Waals surface area (Å²) < 4.78 is 3.66. The first-order valence-electron chi connectivity index (χ1n) is 6.64. The largest absolute Gasteiger partial charge is 0.260 e. The summed E-state index contributed by atoms with van der Waals surface area (Å²) in [4.78, 5) is 0. The van der Waals surface area contributed by atoms with Gasteiger partial charge in [-0.25, -0.2) is 0 Å². The van der Waals surface area contributed by atoms with Crippen LogP contribution in [0.15, 0.2) is 24.3 Å². The van der Waals surface area contributed by atoms with Crippen molar-refractivity contribution in [3.63, 3.8) is 0 Å². The minimum Gasteiger partial charge on any atom is -0.260 e. The van der Waals surface area contributed by atoms with Crippen molar-refractivity contribution in [2.24, 2.45) is 0 Å². The molecular weight excluding hydrogens is 226 g/mol. The van der Waals surface area contributed by atoms with Crippen LogP contribution in [0.3, 0.4) is 0 Å². The first kappa shape index (κ1) is 13.0. The Morgan fingerprint density at radius 1 is 1.18 bits per heavy atom. The summed E-state index contributed by atoms with van der Waals surface area (Å²) in [5.74, 6) is 0.710. The second-order valence-electron chi connectivity index (χ2n) is 5.34. The van der Waals surface area contributed by atoms with E-state index in [0.29, 0.717) is 17.2 Å². The van der Waals surface area contributed by atoms with Crippen molar-refractivity contribution >= 4 is 11.9 Å². The van der Waals surface area contributed by atoms with Crippen LogP contribution in [0.1, 0.15) is 50.2 Å². The highest BCUT2D eigenvalue weighted by atomic mass is 32.2. The molecule has 1 nitrogen and oxygen atoms in total. The quantitative estimate of drug-likeness (QED) is 0.799. The average molecular weight is 249 g/mol. The molecule has 0 heterocycles. The van der Waals surface area contributed by atoms with Crippen LogP contribution in [-0.4, -0.2) is 11.3 Å². The molecule has 0 bridgehead atoms. The van der Waals surface area contributed by atoms with Crippen molar-refractivity contribution in [3.05, 3.63) is 35.4 Å². The van der Waals surface area contributed by atoms with Gasteiger partial charge in [0.1, 0.15) is 0 Å². The highest BCUT2D eigenvalue weighted by molar-refractivity contribution is 7.98. The van der Waals surface area contributed by atoms with E-state index in [2.05, 4.69) is 49.8 Å². The Hall–Kier alpha value is -0.470. The number of hydrogen-bond donors (Lipinski definition) is 1. The fourth-order valence-corrected chi connectivity index (χ4v) is 3.27. The van der Waals surface area contributed by atoms with E-state index in [-0.39, 0.29) is 0 Å². The molecule has 0 spiro atoms. The summed E-state index contributed by atoms with van der Waals surface area (Å²) in [6.45, 7) is 6.64. The molecule has 17 heavy (non-hydrogen) atoms. The molecule has 1 aliphatic carbocycles. The van der Waals surface area contributed by atoms with Crippen LogP contribution in [0.4, 0.5) is 0 Å². The van der Waals surface area contributed by atoms with Crippen molar-refractivity contribution in [2.75, 3.05) is 0 Å². The lowest BCUT2D eigenvalue weighted by Crippen LogP contribution is -2.27. The third kappa shape index (κ3) is 3.49. The van der Waals surface area contributed by atoms with Crippen molar-refractivity contribution in [3.8, 4) is 0 Å². The van der Waals surface area contributed by atoms with Crippen LogP contribution < -0.4 is 4.72 Å². The Balaban J connectivity index is 2.01. The normalized spacial score (nSPS) is 24.5. The molecule has 1 aliphatic rings. The third-order valence-electron chi connectivity index (χ3n) is 3.48. The molecule has 2 rings (SSSR count). The summed E-state index contributed by atoms with van der Waals surface area (Å²) in [5, 5.41) is 0.661. The van der Waals surface area contributed by atoms with E-state index in [1.807, 2.05) is 11.9 Å². The Bertz CT molecular complexity index is 344. The van der Waals surface area contributed by atoms with Gasteiger partial charge in [0, 0.05) is 17.2 Å². The van der Waals surface area contributed by atoms with E-state index in [1.165, 1.54) is 30.4 Å². The van der Waals surface area contributed by atoms with E-state index in [9.17, 15) is 0 Å². The number of hydrogen-bond acceptors (Lipinski definition) is 2. The Labute approximate surface area is 110 Å². The Morgan fingerprint density at radius 2 is 1.88 bits per heavy atom. The van der Waals surface area contributed by atoms with Crippen molar-refractivity contribution in [1.82, 2.24) is 4.72 Å². The maximum atomic E-state index is 3.66. The molecule has 1 saturated carbocycles. The van der Waals surface area contributed by atoms with Crippen molar-refractivity contribution in [2.45, 2.75) is 57.2 Å². The van der Waals surface area contributed by atoms with Crippen LogP contribution in [0.25, 0.3) is 0 Å². The average Bonchev–Trinajstić information content (AvgIpc) is 2.75. The van der Waals surface area contributed by atoms with Gasteiger partial charge in [-0.1, -0.05) is 62.0 Å². The van der Waals surface area contributed by atoms with Gasteiger partial charge in [-0.3, -0.25) is 4.72 Å². The SMILES string of the molecule is Cc1ccc(C2CCC[C@@H]2NSC(C)C)cc1. The summed E-state index contributed by atoms with van der Waals surface area (Å²) in [5.41, 5.74) is 2.86. The molecule has 0 aliphatic heterocycles. The number of aryl methyl sites for hydroxylation is 1. The minimum absolute atomic E-state index is 0.658. The highest BCUT2D eigenvalue weighted by Gasteiger charge is 2.28. The monoisotopic (exact) mass is 249 g/mol. The van der Waals surface area contributed by atoms with Gasteiger partial charge in [-0.05, 0) is 25.3 Å². The topological polar surface area (TPSA) is 12.0 Å². The van der Waals surface area contributed by atoms with Crippen LogP contribution in [-0.2, 0) is 0 Å². The first-order valence-corrected chi connectivity index (χ1v) is 7.52. The van der Waals surface area contributed by atoms with Gasteiger partial charge < -0.3 is 0 Å². The lowest BCUT2D eigenvalue weighted by atomic mass is 9.94. The standard InChI is InChI=1S/C15H23NS/c1-11(2)17-16-15-6-4-5-14(15)13-9-7-12(3)8-10-13/h7-11,14-16H,4-6H2,1-3H3/t14?,15-/m0/s1. The fourth-order valence-electron chi connectivity index (χ4n) is 2.54. The molecule has 0 amide bonds. The van der Waals surface area contributed by atoms with Crippen LogP contribution in [0, 0.1) is 6.92 Å². The van der Waals surface area contributed by atoms with E-state index in [0.717, 1.165) is 0 Å². The molecule has 1 unspecified atom stereocenters. The van der Waals surface area contributed by atoms with Crippen LogP contribution >= 0.6 is 11.9 Å². The summed E-state index contributed by atoms with van der Waals surface area (Å²) in [7, 11) is 0. The first-order chi connectivity index (χ1) is 8.16. The molecule has 2 atom stereocenters. The molecular formula is C15H23NS. The fraction of sp³-hybridized carbons (Fsp3) is 0.600. The molecule has 1 N–H and O–H groups in total. The van der Waals surface area contributed by atoms with Gasteiger partial charge in [0.05, 0.1) is 0 Å². The van der Waals surface area contributed by atoms with Gasteiger partial charge in [0.2, 0.25) is 0 Å². The number of benzene rings is 1. The van der Waals surface area contributed by atoms with Crippen molar-refractivity contribution in [1.29, 1.82) is 0 Å². The predicted molar refractivity (Wildman–Crippen MR) is 77.4 cm³/mol. The molecule has 0 saturated heterocycles. The van der Waals surface area contributed by atoms with Gasteiger partial charge in [-0.2, -0.15) is 0 Å². The summed E-state index contributed by atoms with van der Waals surface area (Å²) >= 11 is 1.88. The molecule has 94 valence electrons. The minimum atomic E-state index is 0.658. The van der Waals surface area contributed by atoms with E-state index < -0.39 is 0 Å². The zero-order chi connectivity index (χ0) is 12.3. The third-order valence-corrected chi connectivity index (χ3v) is 4.39. The van der Waals surface area contributed by atoms with E-state index in [1.54, 1.807) is 0 Å². The summed E-state index contributed by atoms with van der Waals surface area (Å²) in [6, 6.07) is 9.74. The lowest BCUT2D eigenvalue weighted by Gasteiger charge is -2.22. The molecule has 0 radical (unpaired) electrons. The van der Waals surface area contributed by atoms with E-state index >= 15 is 0 Å². The maximum absolute atomic E-state index is 3.66. The van der Waals surface area contributed by atoms with Crippen LogP contribution in [0.2, 0.25) is 0 Å². The second kappa shape index (κ2) is 5.92. The molecule has 2 heteroatoms. The Morgan fingerprint density at radius 3 is 2.53 bits per heavy atom. The lowest BCUT2D eigenvalue weighted by molar-refractivity contribution is 0.578. The molecule has 1 fully saturated rings.